The lowest BCUT2D eigenvalue weighted by molar-refractivity contribution is -0.123. The zero-order valence-corrected chi connectivity index (χ0v) is 16.4. The number of rotatable bonds is 8. The molecule has 0 aliphatic carbocycles. The zero-order valence-electron chi connectivity index (χ0n) is 15.6. The molecule has 2 aromatic carbocycles. The van der Waals surface area contributed by atoms with Gasteiger partial charge in [0.1, 0.15) is 5.75 Å². The van der Waals surface area contributed by atoms with Gasteiger partial charge in [-0.3, -0.25) is 9.59 Å². The zero-order chi connectivity index (χ0) is 20.0. The molecule has 6 nitrogen and oxygen atoms in total. The van der Waals surface area contributed by atoms with Crippen LogP contribution in [0.2, 0.25) is 0 Å². The Bertz CT molecular complexity index is 902. The third kappa shape index (κ3) is 5.92. The lowest BCUT2D eigenvalue weighted by Crippen LogP contribution is -2.31. The number of Topliss-reactive ketones (excluding diaryl/α,β-unsaturated/α-hetero) is 1. The van der Waals surface area contributed by atoms with Crippen LogP contribution in [0, 0.1) is 0 Å². The predicted octanol–water partition coefficient (Wildman–Crippen LogP) is 2.94. The number of hydrogen-bond donors (Lipinski definition) is 1. The Labute approximate surface area is 159 Å². The topological polar surface area (TPSA) is 89.5 Å². The van der Waals surface area contributed by atoms with Crippen LogP contribution in [0.3, 0.4) is 0 Å². The molecule has 27 heavy (non-hydrogen) atoms. The van der Waals surface area contributed by atoms with E-state index in [2.05, 4.69) is 5.32 Å². The number of amides is 1. The molecule has 0 unspecified atom stereocenters. The van der Waals surface area contributed by atoms with Crippen LogP contribution in [0.1, 0.15) is 42.2 Å². The van der Waals surface area contributed by atoms with Crippen LogP contribution in [0.4, 0.5) is 0 Å². The molecule has 2 aromatic rings. The Hall–Kier alpha value is -2.67. The molecule has 0 aliphatic rings. The number of benzene rings is 2. The van der Waals surface area contributed by atoms with Crippen molar-refractivity contribution in [1.29, 1.82) is 0 Å². The molecule has 0 saturated heterocycles. The van der Waals surface area contributed by atoms with Crippen molar-refractivity contribution < 1.29 is 22.7 Å². The summed E-state index contributed by atoms with van der Waals surface area (Å²) >= 11 is 0. The summed E-state index contributed by atoms with van der Waals surface area (Å²) in [5.41, 5.74) is 1.40. The molecule has 0 aliphatic heterocycles. The first-order chi connectivity index (χ1) is 12.7. The third-order valence-corrected chi connectivity index (χ3v) is 5.18. The summed E-state index contributed by atoms with van der Waals surface area (Å²) in [6.07, 6.45) is 1.58. The van der Waals surface area contributed by atoms with Crippen LogP contribution in [0.15, 0.2) is 53.4 Å². The maximum Gasteiger partial charge on any atom is 0.258 e. The van der Waals surface area contributed by atoms with Gasteiger partial charge in [-0.15, -0.1) is 0 Å². The summed E-state index contributed by atoms with van der Waals surface area (Å²) in [4.78, 5) is 23.9. The van der Waals surface area contributed by atoms with Crippen molar-refractivity contribution in [1.82, 2.24) is 5.32 Å². The molecule has 0 saturated carbocycles. The van der Waals surface area contributed by atoms with Crippen molar-refractivity contribution >= 4 is 21.5 Å². The fourth-order valence-electron chi connectivity index (χ4n) is 2.46. The van der Waals surface area contributed by atoms with E-state index in [-0.39, 0.29) is 29.2 Å². The fraction of sp³-hybridized carbons (Fsp3) is 0.300. The average molecular weight is 389 g/mol. The molecule has 144 valence electrons. The van der Waals surface area contributed by atoms with E-state index in [9.17, 15) is 18.0 Å². The number of carbonyl (C=O) groups is 2. The van der Waals surface area contributed by atoms with Crippen molar-refractivity contribution in [2.45, 2.75) is 31.2 Å². The summed E-state index contributed by atoms with van der Waals surface area (Å²) in [7, 11) is -3.25. The van der Waals surface area contributed by atoms with E-state index in [4.69, 9.17) is 4.74 Å². The molecule has 0 radical (unpaired) electrons. The molecule has 0 heterocycles. The number of ketones is 1. The van der Waals surface area contributed by atoms with Gasteiger partial charge in [-0.1, -0.05) is 19.1 Å². The number of carbonyl (C=O) groups excluding carboxylic acids is 2. The minimum absolute atomic E-state index is 0.0509. The summed E-state index contributed by atoms with van der Waals surface area (Å²) in [6.45, 7) is 3.44. The van der Waals surface area contributed by atoms with Gasteiger partial charge in [0.2, 0.25) is 0 Å². The second kappa shape index (κ2) is 8.81. The van der Waals surface area contributed by atoms with Crippen LogP contribution >= 0.6 is 0 Å². The Morgan fingerprint density at radius 3 is 2.15 bits per heavy atom. The van der Waals surface area contributed by atoms with Crippen molar-refractivity contribution in [2.24, 2.45) is 0 Å². The highest BCUT2D eigenvalue weighted by molar-refractivity contribution is 7.90. The average Bonchev–Trinajstić information content (AvgIpc) is 2.65. The highest BCUT2D eigenvalue weighted by Crippen LogP contribution is 2.17. The molecule has 2 rings (SSSR count). The van der Waals surface area contributed by atoms with Gasteiger partial charge in [0.05, 0.1) is 10.9 Å². The van der Waals surface area contributed by atoms with Gasteiger partial charge in [0.15, 0.2) is 22.2 Å². The Morgan fingerprint density at radius 1 is 1.04 bits per heavy atom. The second-order valence-electron chi connectivity index (χ2n) is 6.22. The Balaban J connectivity index is 1.88. The predicted molar refractivity (Wildman–Crippen MR) is 103 cm³/mol. The van der Waals surface area contributed by atoms with Gasteiger partial charge < -0.3 is 10.1 Å². The minimum atomic E-state index is -3.25. The van der Waals surface area contributed by atoms with E-state index in [1.54, 1.807) is 50.2 Å². The van der Waals surface area contributed by atoms with Gasteiger partial charge in [-0.25, -0.2) is 8.42 Å². The molecule has 0 bridgehead atoms. The maximum atomic E-state index is 12.1. The van der Waals surface area contributed by atoms with E-state index in [0.717, 1.165) is 11.8 Å². The van der Waals surface area contributed by atoms with Crippen LogP contribution in [-0.2, 0) is 14.6 Å². The first-order valence-corrected chi connectivity index (χ1v) is 10.4. The third-order valence-electron chi connectivity index (χ3n) is 4.05. The monoisotopic (exact) mass is 389 g/mol. The molecule has 1 amide bonds. The highest BCUT2D eigenvalue weighted by Gasteiger charge is 2.12. The summed E-state index contributed by atoms with van der Waals surface area (Å²) in [5.74, 6) is 0.251. The van der Waals surface area contributed by atoms with Crippen molar-refractivity contribution in [3.05, 3.63) is 59.7 Å². The number of sulfone groups is 1. The maximum absolute atomic E-state index is 12.1. The van der Waals surface area contributed by atoms with E-state index in [1.807, 2.05) is 0 Å². The smallest absolute Gasteiger partial charge is 0.258 e. The fourth-order valence-corrected chi connectivity index (χ4v) is 3.09. The highest BCUT2D eigenvalue weighted by atomic mass is 32.2. The molecular weight excluding hydrogens is 366 g/mol. The first-order valence-electron chi connectivity index (χ1n) is 8.56. The molecular formula is C20H23NO5S. The van der Waals surface area contributed by atoms with Crippen molar-refractivity contribution in [3.63, 3.8) is 0 Å². The lowest BCUT2D eigenvalue weighted by atomic mass is 10.1. The lowest BCUT2D eigenvalue weighted by Gasteiger charge is -2.15. The van der Waals surface area contributed by atoms with Crippen LogP contribution in [-0.4, -0.2) is 33.0 Å². The first kappa shape index (κ1) is 20.6. The van der Waals surface area contributed by atoms with Gasteiger partial charge in [0, 0.05) is 18.2 Å². The van der Waals surface area contributed by atoms with Crippen LogP contribution in [0.25, 0.3) is 0 Å². The largest absolute Gasteiger partial charge is 0.484 e. The molecule has 1 N–H and O–H groups in total. The van der Waals surface area contributed by atoms with Gasteiger partial charge in [-0.2, -0.15) is 0 Å². The Kier molecular flexibility index (Phi) is 6.74. The molecule has 7 heteroatoms. The molecule has 1 atom stereocenters. The molecule has 0 aromatic heterocycles. The molecule has 0 fully saturated rings. The quantitative estimate of drug-likeness (QED) is 0.701. The Morgan fingerprint density at radius 2 is 1.63 bits per heavy atom. The summed E-state index contributed by atoms with van der Waals surface area (Å²) < 4.78 is 28.4. The summed E-state index contributed by atoms with van der Waals surface area (Å²) in [5, 5.41) is 2.80. The number of hydrogen-bond acceptors (Lipinski definition) is 5. The second-order valence-corrected chi connectivity index (χ2v) is 8.24. The number of ether oxygens (including phenoxy) is 1. The van der Waals surface area contributed by atoms with Gasteiger partial charge in [0.25, 0.3) is 5.91 Å². The van der Waals surface area contributed by atoms with Gasteiger partial charge in [-0.05, 0) is 48.9 Å². The van der Waals surface area contributed by atoms with Crippen LogP contribution in [0.5, 0.6) is 5.75 Å². The number of nitrogens with one attached hydrogen (secondary N) is 1. The van der Waals surface area contributed by atoms with E-state index in [0.29, 0.717) is 17.7 Å². The minimum Gasteiger partial charge on any atom is -0.484 e. The van der Waals surface area contributed by atoms with Gasteiger partial charge >= 0.3 is 0 Å². The SMILES string of the molecule is CCC(=O)c1ccc(OCC(=O)N[C@H](C)c2ccc(S(C)(=O)=O)cc2)cc1. The summed E-state index contributed by atoms with van der Waals surface area (Å²) in [6, 6.07) is 12.7. The van der Waals surface area contributed by atoms with Crippen molar-refractivity contribution in [3.8, 4) is 5.75 Å². The van der Waals surface area contributed by atoms with Crippen molar-refractivity contribution in [2.75, 3.05) is 12.9 Å². The van der Waals surface area contributed by atoms with E-state index >= 15 is 0 Å². The van der Waals surface area contributed by atoms with Crippen LogP contribution < -0.4 is 10.1 Å². The van der Waals surface area contributed by atoms with E-state index in [1.165, 1.54) is 12.1 Å². The standard InChI is InChI=1S/C20H23NO5S/c1-4-19(22)16-5-9-17(10-6-16)26-13-20(23)21-14(2)15-7-11-18(12-8-15)27(3,24)25/h5-12,14H,4,13H2,1-3H3,(H,21,23)/t14-/m1/s1. The normalized spacial score (nSPS) is 12.3. The molecule has 0 spiro atoms. The van der Waals surface area contributed by atoms with E-state index < -0.39 is 9.84 Å².